The molecule has 0 radical (unpaired) electrons. The molecule has 1 N–H and O–H groups in total. The Hall–Kier alpha value is -1.02. The van der Waals surface area contributed by atoms with E-state index in [4.69, 9.17) is 0 Å². The molecule has 13 heavy (non-hydrogen) atoms. The lowest BCUT2D eigenvalue weighted by molar-refractivity contribution is 0.304. The maximum absolute atomic E-state index is 9.83. The molecule has 2 rings (SSSR count). The van der Waals surface area contributed by atoms with E-state index < -0.39 is 0 Å². The molecule has 70 valence electrons. The quantitative estimate of drug-likeness (QED) is 0.652. The lowest BCUT2D eigenvalue weighted by atomic mass is 9.97. The monoisotopic (exact) mass is 177 g/mol. The molecule has 0 amide bonds. The fourth-order valence-corrected chi connectivity index (χ4v) is 1.87. The van der Waals surface area contributed by atoms with E-state index in [9.17, 15) is 5.11 Å². The number of likely N-dealkylation sites (N-methyl/N-ethyl adjacent to an activating group) is 1. The molecule has 0 saturated heterocycles. The summed E-state index contributed by atoms with van der Waals surface area (Å²) >= 11 is 0. The van der Waals surface area contributed by atoms with Crippen LogP contribution in [0.25, 0.3) is 0 Å². The van der Waals surface area contributed by atoms with Crippen LogP contribution < -0.4 is 0 Å². The molecule has 1 aliphatic rings. The van der Waals surface area contributed by atoms with Gasteiger partial charge in [-0.05, 0) is 31.5 Å². The van der Waals surface area contributed by atoms with Gasteiger partial charge in [-0.15, -0.1) is 0 Å². The Labute approximate surface area is 78.8 Å². The number of phenolic OH excluding ortho intramolecular Hbond substituents is 1. The molecule has 0 bridgehead atoms. The van der Waals surface area contributed by atoms with Crippen molar-refractivity contribution in [1.82, 2.24) is 4.90 Å². The molecular weight excluding hydrogens is 162 g/mol. The van der Waals surface area contributed by atoms with Gasteiger partial charge < -0.3 is 10.0 Å². The molecule has 0 saturated carbocycles. The zero-order valence-electron chi connectivity index (χ0n) is 8.17. The molecule has 1 aromatic rings. The normalized spacial score (nSPS) is 17.1. The minimum Gasteiger partial charge on any atom is -0.507 e. The van der Waals surface area contributed by atoms with Gasteiger partial charge in [0.15, 0.2) is 0 Å². The van der Waals surface area contributed by atoms with Gasteiger partial charge >= 0.3 is 0 Å². The third kappa shape index (κ3) is 1.42. The van der Waals surface area contributed by atoms with Gasteiger partial charge in [-0.3, -0.25) is 0 Å². The lowest BCUT2D eigenvalue weighted by Crippen LogP contribution is -2.26. The van der Waals surface area contributed by atoms with E-state index in [0.29, 0.717) is 5.75 Å². The van der Waals surface area contributed by atoms with Gasteiger partial charge in [0.25, 0.3) is 0 Å². The minimum atomic E-state index is 0.490. The topological polar surface area (TPSA) is 23.5 Å². The number of nitrogens with zero attached hydrogens (tertiary/aromatic N) is 1. The molecule has 2 heteroatoms. The average Bonchev–Trinajstić information content (AvgIpc) is 2.12. The first-order valence-electron chi connectivity index (χ1n) is 4.67. The van der Waals surface area contributed by atoms with Crippen molar-refractivity contribution in [1.29, 1.82) is 0 Å². The van der Waals surface area contributed by atoms with Crippen LogP contribution >= 0.6 is 0 Å². The first-order valence-corrected chi connectivity index (χ1v) is 4.67. The van der Waals surface area contributed by atoms with Gasteiger partial charge in [0.2, 0.25) is 0 Å². The van der Waals surface area contributed by atoms with Crippen LogP contribution in [0.3, 0.4) is 0 Å². The highest BCUT2D eigenvalue weighted by Crippen LogP contribution is 2.29. The molecule has 0 unspecified atom stereocenters. The van der Waals surface area contributed by atoms with Crippen molar-refractivity contribution in [3.63, 3.8) is 0 Å². The van der Waals surface area contributed by atoms with Gasteiger partial charge in [0.1, 0.15) is 5.75 Å². The van der Waals surface area contributed by atoms with E-state index in [1.54, 1.807) is 0 Å². The van der Waals surface area contributed by atoms with Gasteiger partial charge in [0.05, 0.1) is 0 Å². The highest BCUT2D eigenvalue weighted by atomic mass is 16.3. The Kier molecular flexibility index (Phi) is 2.00. The molecule has 0 spiro atoms. The lowest BCUT2D eigenvalue weighted by Gasteiger charge is -2.26. The van der Waals surface area contributed by atoms with Crippen LogP contribution in [0.2, 0.25) is 0 Å². The zero-order valence-corrected chi connectivity index (χ0v) is 8.17. The van der Waals surface area contributed by atoms with Gasteiger partial charge in [-0.1, -0.05) is 12.1 Å². The fourth-order valence-electron chi connectivity index (χ4n) is 1.87. The molecule has 1 aliphatic heterocycles. The van der Waals surface area contributed by atoms with Gasteiger partial charge in [-0.2, -0.15) is 0 Å². The average molecular weight is 177 g/mol. The maximum Gasteiger partial charge on any atom is 0.123 e. The van der Waals surface area contributed by atoms with Crippen molar-refractivity contribution in [2.24, 2.45) is 0 Å². The summed E-state index contributed by atoms with van der Waals surface area (Å²) in [5, 5.41) is 9.83. The zero-order chi connectivity index (χ0) is 9.42. The van der Waals surface area contributed by atoms with Crippen LogP contribution in [-0.4, -0.2) is 23.6 Å². The number of aromatic hydroxyl groups is 1. The summed E-state index contributed by atoms with van der Waals surface area (Å²) in [6.07, 6.45) is 1.06. The second-order valence-electron chi connectivity index (χ2n) is 3.86. The molecule has 1 aromatic carbocycles. The van der Waals surface area contributed by atoms with Crippen LogP contribution in [0, 0.1) is 6.92 Å². The fraction of sp³-hybridized carbons (Fsp3) is 0.455. The Morgan fingerprint density at radius 1 is 1.38 bits per heavy atom. The van der Waals surface area contributed by atoms with E-state index in [1.165, 1.54) is 5.56 Å². The molecule has 2 nitrogen and oxygen atoms in total. The third-order valence-electron chi connectivity index (χ3n) is 2.77. The van der Waals surface area contributed by atoms with Crippen LogP contribution in [0.4, 0.5) is 0 Å². The molecular formula is C11H15NO. The van der Waals surface area contributed by atoms with Crippen molar-refractivity contribution >= 4 is 0 Å². The Morgan fingerprint density at radius 3 is 2.92 bits per heavy atom. The first-order chi connectivity index (χ1) is 6.18. The van der Waals surface area contributed by atoms with Crippen LogP contribution in [0.5, 0.6) is 5.75 Å². The molecule has 0 aromatic heterocycles. The summed E-state index contributed by atoms with van der Waals surface area (Å²) in [6, 6.07) is 4.14. The molecule has 1 heterocycles. The number of hydrogen-bond acceptors (Lipinski definition) is 2. The van der Waals surface area contributed by atoms with Crippen molar-refractivity contribution in [2.45, 2.75) is 19.9 Å². The predicted molar refractivity (Wildman–Crippen MR) is 52.9 cm³/mol. The smallest absolute Gasteiger partial charge is 0.123 e. The number of phenols is 1. The van der Waals surface area contributed by atoms with Crippen LogP contribution in [0.1, 0.15) is 16.7 Å². The predicted octanol–water partition coefficient (Wildman–Crippen LogP) is 1.69. The number of hydrogen-bond donors (Lipinski definition) is 1. The Morgan fingerprint density at radius 2 is 2.15 bits per heavy atom. The highest BCUT2D eigenvalue weighted by Gasteiger charge is 2.16. The molecule has 0 atom stereocenters. The number of fused-ring (bicyclic) bond motifs is 1. The molecule has 0 aliphatic carbocycles. The van der Waals surface area contributed by atoms with Crippen molar-refractivity contribution in [2.75, 3.05) is 13.6 Å². The first kappa shape index (κ1) is 8.57. The number of rotatable bonds is 0. The van der Waals surface area contributed by atoms with E-state index in [1.807, 2.05) is 13.0 Å². The van der Waals surface area contributed by atoms with Crippen molar-refractivity contribution in [3.8, 4) is 5.75 Å². The van der Waals surface area contributed by atoms with E-state index in [-0.39, 0.29) is 0 Å². The largest absolute Gasteiger partial charge is 0.507 e. The number of benzene rings is 1. The summed E-state index contributed by atoms with van der Waals surface area (Å²) in [5.74, 6) is 0.490. The Bertz CT molecular complexity index is 333. The summed E-state index contributed by atoms with van der Waals surface area (Å²) in [6.45, 7) is 3.92. The number of aryl methyl sites for hydroxylation is 1. The standard InChI is InChI=1S/C11H15NO/c1-8-3-4-9-5-6-12(2)7-10(9)11(8)13/h3-4,13H,5-7H2,1-2H3. The summed E-state index contributed by atoms with van der Waals surface area (Å²) in [4.78, 5) is 2.24. The van der Waals surface area contributed by atoms with Gasteiger partial charge in [-0.25, -0.2) is 0 Å². The van der Waals surface area contributed by atoms with E-state index >= 15 is 0 Å². The third-order valence-corrected chi connectivity index (χ3v) is 2.77. The van der Waals surface area contributed by atoms with Crippen molar-refractivity contribution < 1.29 is 5.11 Å². The molecule has 0 fully saturated rings. The Balaban J connectivity index is 2.48. The second-order valence-corrected chi connectivity index (χ2v) is 3.86. The second kappa shape index (κ2) is 3.04. The summed E-state index contributed by atoms with van der Waals surface area (Å²) in [5.41, 5.74) is 3.41. The van der Waals surface area contributed by atoms with E-state index in [0.717, 1.165) is 30.6 Å². The van der Waals surface area contributed by atoms with Crippen molar-refractivity contribution in [3.05, 3.63) is 28.8 Å². The SMILES string of the molecule is Cc1ccc2c(c1O)CN(C)CC2. The minimum absolute atomic E-state index is 0.490. The van der Waals surface area contributed by atoms with Crippen LogP contribution in [-0.2, 0) is 13.0 Å². The van der Waals surface area contributed by atoms with E-state index in [2.05, 4.69) is 18.0 Å². The summed E-state index contributed by atoms with van der Waals surface area (Å²) < 4.78 is 0. The van der Waals surface area contributed by atoms with Gasteiger partial charge in [0, 0.05) is 18.7 Å². The van der Waals surface area contributed by atoms with Crippen LogP contribution in [0.15, 0.2) is 12.1 Å². The maximum atomic E-state index is 9.83. The highest BCUT2D eigenvalue weighted by molar-refractivity contribution is 5.45. The summed E-state index contributed by atoms with van der Waals surface area (Å²) in [7, 11) is 2.09.